The number of benzene rings is 1. The first-order chi connectivity index (χ1) is 8.88. The van der Waals surface area contributed by atoms with Crippen molar-refractivity contribution < 1.29 is 13.7 Å². The van der Waals surface area contributed by atoms with Crippen molar-refractivity contribution in [3.05, 3.63) is 35.9 Å². The Morgan fingerprint density at radius 3 is 2.81 bits per heavy atom. The van der Waals surface area contributed by atoms with Gasteiger partial charge in [0, 0.05) is 23.0 Å². The van der Waals surface area contributed by atoms with Crippen molar-refractivity contribution in [2.45, 2.75) is 19.8 Å². The molecule has 0 N–H and O–H groups in total. The third-order valence-electron chi connectivity index (χ3n) is 2.68. The number of ketones is 1. The molecule has 1 aromatic carbocycles. The Balaban J connectivity index is 2.07. The van der Waals surface area contributed by atoms with Gasteiger partial charge in [0.2, 0.25) is 5.91 Å². The predicted molar refractivity (Wildman–Crippen MR) is 60.6 cm³/mol. The average Bonchev–Trinajstić information content (AvgIpc) is 2.33. The van der Waals surface area contributed by atoms with Crippen molar-refractivity contribution in [1.29, 1.82) is 0 Å². The predicted octanol–water partition coefficient (Wildman–Crippen LogP) is 1.62. The minimum Gasteiger partial charge on any atom is -0.331 e. The van der Waals surface area contributed by atoms with Gasteiger partial charge in [-0.1, -0.05) is 37.2 Å². The van der Waals surface area contributed by atoms with E-state index in [1.165, 1.54) is 4.90 Å². The Bertz CT molecular complexity index is 484. The van der Waals surface area contributed by atoms with Gasteiger partial charge in [-0.3, -0.25) is 9.59 Å². The molecule has 1 heterocycles. The van der Waals surface area contributed by atoms with Crippen molar-refractivity contribution in [3.8, 4) is 0 Å². The third kappa shape index (κ3) is 2.30. The van der Waals surface area contributed by atoms with Crippen molar-refractivity contribution in [1.82, 2.24) is 4.90 Å². The number of rotatable bonds is 2. The van der Waals surface area contributed by atoms with Crippen LogP contribution in [0.5, 0.6) is 0 Å². The quantitative estimate of drug-likeness (QED) is 0.759. The largest absolute Gasteiger partial charge is 0.331 e. The van der Waals surface area contributed by atoms with Crippen LogP contribution in [0.3, 0.4) is 0 Å². The second kappa shape index (κ2) is 4.47. The summed E-state index contributed by atoms with van der Waals surface area (Å²) >= 11 is 0. The van der Waals surface area contributed by atoms with Crippen molar-refractivity contribution in [3.63, 3.8) is 0 Å². The fourth-order valence-corrected chi connectivity index (χ4v) is 1.75. The van der Waals surface area contributed by atoms with Crippen molar-refractivity contribution >= 4 is 11.7 Å². The molecule has 0 spiro atoms. The number of likely N-dealkylation sites (tertiary alicyclic amines) is 1. The molecule has 1 saturated heterocycles. The zero-order valence-electron chi connectivity index (χ0n) is 11.8. The first-order valence-electron chi connectivity index (χ1n) is 6.72. The topological polar surface area (TPSA) is 37.4 Å². The molecular formula is C13H15NO2. The number of hydrogen-bond donors (Lipinski definition) is 0. The summed E-state index contributed by atoms with van der Waals surface area (Å²) in [4.78, 5) is 25.2. The number of amides is 1. The van der Waals surface area contributed by atoms with Gasteiger partial charge in [-0.2, -0.15) is 0 Å². The molecule has 0 radical (unpaired) electrons. The summed E-state index contributed by atoms with van der Waals surface area (Å²) in [5, 5.41) is 0. The number of Topliss-reactive ketones (excluding diaryl/α,β-unsaturated/α-hetero) is 1. The van der Waals surface area contributed by atoms with Crippen LogP contribution in [-0.4, -0.2) is 23.1 Å². The van der Waals surface area contributed by atoms with Crippen molar-refractivity contribution in [2.24, 2.45) is 5.92 Å². The SMILES string of the molecule is [2H]C([2H])([2H])C1CC(=O)N(Cc2ccccc2)CC1=O. The highest BCUT2D eigenvalue weighted by molar-refractivity contribution is 5.94. The van der Waals surface area contributed by atoms with Crippen LogP contribution in [0.25, 0.3) is 0 Å². The molecule has 1 atom stereocenters. The van der Waals surface area contributed by atoms with Gasteiger partial charge in [0.05, 0.1) is 6.54 Å². The Morgan fingerprint density at radius 1 is 1.38 bits per heavy atom. The Kier molecular flexibility index (Phi) is 2.13. The maximum Gasteiger partial charge on any atom is 0.223 e. The van der Waals surface area contributed by atoms with Gasteiger partial charge < -0.3 is 4.90 Å². The molecule has 1 fully saturated rings. The summed E-state index contributed by atoms with van der Waals surface area (Å²) in [6.45, 7) is -2.15. The second-order valence-corrected chi connectivity index (χ2v) is 3.96. The molecule has 0 aromatic heterocycles. The molecule has 1 amide bonds. The van der Waals surface area contributed by atoms with Gasteiger partial charge in [-0.05, 0) is 5.56 Å². The molecule has 16 heavy (non-hydrogen) atoms. The summed E-state index contributed by atoms with van der Waals surface area (Å²) < 4.78 is 21.8. The molecule has 1 aliphatic heterocycles. The Hall–Kier alpha value is -1.64. The third-order valence-corrected chi connectivity index (χ3v) is 2.68. The zero-order chi connectivity index (χ0) is 14.0. The second-order valence-electron chi connectivity index (χ2n) is 3.96. The first-order valence-corrected chi connectivity index (χ1v) is 5.22. The zero-order valence-corrected chi connectivity index (χ0v) is 8.85. The van der Waals surface area contributed by atoms with E-state index in [0.29, 0.717) is 6.54 Å². The van der Waals surface area contributed by atoms with Crippen molar-refractivity contribution in [2.75, 3.05) is 6.54 Å². The smallest absolute Gasteiger partial charge is 0.223 e. The van der Waals surface area contributed by atoms with E-state index in [1.54, 1.807) is 0 Å². The van der Waals surface area contributed by atoms with Gasteiger partial charge in [0.15, 0.2) is 5.78 Å². The highest BCUT2D eigenvalue weighted by atomic mass is 16.2. The van der Waals surface area contributed by atoms with Gasteiger partial charge in [0.1, 0.15) is 0 Å². The Labute approximate surface area is 99.3 Å². The lowest BCUT2D eigenvalue weighted by Gasteiger charge is -2.29. The van der Waals surface area contributed by atoms with E-state index in [0.717, 1.165) is 5.56 Å². The summed E-state index contributed by atoms with van der Waals surface area (Å²) in [7, 11) is 0. The first kappa shape index (κ1) is 7.60. The fourth-order valence-electron chi connectivity index (χ4n) is 1.75. The maximum absolute atomic E-state index is 11.9. The molecule has 1 aromatic rings. The molecule has 84 valence electrons. The average molecular weight is 220 g/mol. The lowest BCUT2D eigenvalue weighted by Crippen LogP contribution is -2.43. The van der Waals surface area contributed by atoms with Crippen LogP contribution in [0.1, 0.15) is 22.9 Å². The summed E-state index contributed by atoms with van der Waals surface area (Å²) in [6, 6.07) is 9.33. The number of carbonyl (C=O) groups excluding carboxylic acids is 2. The number of hydrogen-bond acceptors (Lipinski definition) is 2. The maximum atomic E-state index is 11.9. The number of piperidine rings is 1. The summed E-state index contributed by atoms with van der Waals surface area (Å²) in [5.74, 6) is -1.80. The lowest BCUT2D eigenvalue weighted by molar-refractivity contribution is -0.143. The molecule has 0 bridgehead atoms. The highest BCUT2D eigenvalue weighted by Gasteiger charge is 2.29. The van der Waals surface area contributed by atoms with Gasteiger partial charge >= 0.3 is 0 Å². The van der Waals surface area contributed by atoms with E-state index in [4.69, 9.17) is 4.11 Å². The van der Waals surface area contributed by atoms with Crippen LogP contribution in [0, 0.1) is 5.92 Å². The molecule has 1 unspecified atom stereocenters. The number of carbonyl (C=O) groups is 2. The van der Waals surface area contributed by atoms with E-state index in [-0.39, 0.29) is 24.7 Å². The molecule has 0 aliphatic carbocycles. The van der Waals surface area contributed by atoms with E-state index in [9.17, 15) is 9.59 Å². The monoisotopic (exact) mass is 220 g/mol. The Morgan fingerprint density at radius 2 is 2.12 bits per heavy atom. The van der Waals surface area contributed by atoms with Gasteiger partial charge in [-0.25, -0.2) is 0 Å². The van der Waals surface area contributed by atoms with Crippen LogP contribution >= 0.6 is 0 Å². The molecular weight excluding hydrogens is 202 g/mol. The highest BCUT2D eigenvalue weighted by Crippen LogP contribution is 2.16. The standard InChI is InChI=1S/C13H15NO2/c1-10-7-13(16)14(9-12(10)15)8-11-5-3-2-4-6-11/h2-6,10H,7-9H2,1H3/i1D3. The van der Waals surface area contributed by atoms with Crippen LogP contribution in [0.15, 0.2) is 30.3 Å². The van der Waals surface area contributed by atoms with Crippen LogP contribution in [0.2, 0.25) is 0 Å². The number of nitrogens with zero attached hydrogens (tertiary/aromatic N) is 1. The van der Waals surface area contributed by atoms with E-state index in [2.05, 4.69) is 0 Å². The summed E-state index contributed by atoms with van der Waals surface area (Å²) in [5.41, 5.74) is 0.927. The molecule has 3 heteroatoms. The molecule has 1 aliphatic rings. The van der Waals surface area contributed by atoms with Crippen LogP contribution < -0.4 is 0 Å². The van der Waals surface area contributed by atoms with E-state index in [1.807, 2.05) is 30.3 Å². The van der Waals surface area contributed by atoms with Crippen LogP contribution in [0.4, 0.5) is 0 Å². The molecule has 2 rings (SSSR count). The van der Waals surface area contributed by atoms with Gasteiger partial charge in [0.25, 0.3) is 0 Å². The van der Waals surface area contributed by atoms with E-state index < -0.39 is 12.8 Å². The fraction of sp³-hybridized carbons (Fsp3) is 0.385. The minimum atomic E-state index is -2.38. The van der Waals surface area contributed by atoms with Gasteiger partial charge in [-0.15, -0.1) is 0 Å². The molecule has 0 saturated carbocycles. The molecule has 3 nitrogen and oxygen atoms in total. The summed E-state index contributed by atoms with van der Waals surface area (Å²) in [6.07, 6.45) is -0.220. The lowest BCUT2D eigenvalue weighted by atomic mass is 9.96. The normalized spacial score (nSPS) is 24.9. The van der Waals surface area contributed by atoms with E-state index >= 15 is 0 Å². The minimum absolute atomic E-state index is 0.114. The van der Waals surface area contributed by atoms with Crippen LogP contribution in [-0.2, 0) is 16.1 Å².